The normalized spacial score (nSPS) is 26.8. The lowest BCUT2D eigenvalue weighted by Crippen LogP contribution is -2.41. The molecule has 0 bridgehead atoms. The Morgan fingerprint density at radius 2 is 2.00 bits per heavy atom. The maximum atomic E-state index is 12.6. The summed E-state index contributed by atoms with van der Waals surface area (Å²) in [7, 11) is 0. The molecule has 2 aliphatic rings. The molecule has 1 aromatic rings. The Balaban J connectivity index is 1.60. The Morgan fingerprint density at radius 1 is 1.28 bits per heavy atom. The van der Waals surface area contributed by atoms with Gasteiger partial charge in [0.2, 0.25) is 11.8 Å². The molecule has 2 amide bonds. The van der Waals surface area contributed by atoms with Crippen LogP contribution in [0.1, 0.15) is 51.0 Å². The van der Waals surface area contributed by atoms with Crippen LogP contribution in [0.4, 0.5) is 5.69 Å². The van der Waals surface area contributed by atoms with E-state index in [0.717, 1.165) is 30.0 Å². The van der Waals surface area contributed by atoms with Crippen LogP contribution >= 0.6 is 11.6 Å². The SMILES string of the molecule is CCC1CCC(NC(=O)[C@@H]2CC(=O)N(c3cccc(Cl)c3C)C2)CC1. The van der Waals surface area contributed by atoms with Gasteiger partial charge in [-0.2, -0.15) is 0 Å². The van der Waals surface area contributed by atoms with Crippen LogP contribution in [0.15, 0.2) is 18.2 Å². The molecule has 1 aliphatic carbocycles. The number of nitrogens with zero attached hydrogens (tertiary/aromatic N) is 1. The predicted molar refractivity (Wildman–Crippen MR) is 101 cm³/mol. The molecule has 5 heteroatoms. The lowest BCUT2D eigenvalue weighted by molar-refractivity contribution is -0.127. The number of halogens is 1. The number of hydrogen-bond acceptors (Lipinski definition) is 2. The summed E-state index contributed by atoms with van der Waals surface area (Å²) in [6.45, 7) is 4.58. The van der Waals surface area contributed by atoms with Gasteiger partial charge < -0.3 is 10.2 Å². The van der Waals surface area contributed by atoms with Crippen LogP contribution in [-0.2, 0) is 9.59 Å². The quantitative estimate of drug-likeness (QED) is 0.877. The fraction of sp³-hybridized carbons (Fsp3) is 0.600. The van der Waals surface area contributed by atoms with Crippen LogP contribution < -0.4 is 10.2 Å². The molecular weight excluding hydrogens is 336 g/mol. The van der Waals surface area contributed by atoms with E-state index in [-0.39, 0.29) is 30.2 Å². The zero-order valence-corrected chi connectivity index (χ0v) is 15.8. The van der Waals surface area contributed by atoms with Crippen LogP contribution in [0.2, 0.25) is 5.02 Å². The topological polar surface area (TPSA) is 49.4 Å². The van der Waals surface area contributed by atoms with E-state index < -0.39 is 0 Å². The molecule has 136 valence electrons. The molecule has 0 radical (unpaired) electrons. The molecule has 1 atom stereocenters. The number of anilines is 1. The number of benzene rings is 1. The number of rotatable bonds is 4. The standard InChI is InChI=1S/C20H27ClN2O2/c1-3-14-7-9-16(10-8-14)22-20(25)15-11-19(24)23(12-15)18-6-4-5-17(21)13(18)2/h4-6,14-16H,3,7-12H2,1-2H3,(H,22,25)/t14?,15-,16?/m1/s1. The third kappa shape index (κ3) is 4.00. The summed E-state index contributed by atoms with van der Waals surface area (Å²) in [6.07, 6.45) is 6.01. The first-order chi connectivity index (χ1) is 12.0. The first-order valence-electron chi connectivity index (χ1n) is 9.35. The second kappa shape index (κ2) is 7.77. The van der Waals surface area contributed by atoms with Crippen LogP contribution in [0.25, 0.3) is 0 Å². The van der Waals surface area contributed by atoms with Crippen molar-refractivity contribution in [2.24, 2.45) is 11.8 Å². The van der Waals surface area contributed by atoms with Gasteiger partial charge in [0.1, 0.15) is 0 Å². The number of carbonyl (C=O) groups is 2. The molecular formula is C20H27ClN2O2. The van der Waals surface area contributed by atoms with Gasteiger partial charge in [0.25, 0.3) is 0 Å². The monoisotopic (exact) mass is 362 g/mol. The molecule has 1 aromatic carbocycles. The molecule has 0 aromatic heterocycles. The highest BCUT2D eigenvalue weighted by molar-refractivity contribution is 6.31. The molecule has 1 saturated carbocycles. The second-order valence-electron chi connectivity index (χ2n) is 7.42. The lowest BCUT2D eigenvalue weighted by atomic mass is 9.84. The highest BCUT2D eigenvalue weighted by atomic mass is 35.5. The van der Waals surface area contributed by atoms with Gasteiger partial charge in [-0.25, -0.2) is 0 Å². The Morgan fingerprint density at radius 3 is 2.68 bits per heavy atom. The molecule has 3 rings (SSSR count). The summed E-state index contributed by atoms with van der Waals surface area (Å²) in [5, 5.41) is 3.82. The van der Waals surface area contributed by atoms with Crippen molar-refractivity contribution in [2.45, 2.75) is 58.4 Å². The average Bonchev–Trinajstić information content (AvgIpc) is 3.00. The third-order valence-corrected chi connectivity index (χ3v) is 6.21. The molecule has 0 spiro atoms. The first-order valence-corrected chi connectivity index (χ1v) is 9.73. The summed E-state index contributed by atoms with van der Waals surface area (Å²) in [5.41, 5.74) is 1.70. The van der Waals surface area contributed by atoms with Gasteiger partial charge in [0.05, 0.1) is 5.92 Å². The Hall–Kier alpha value is -1.55. The van der Waals surface area contributed by atoms with E-state index in [1.807, 2.05) is 25.1 Å². The van der Waals surface area contributed by atoms with Gasteiger partial charge in [0, 0.05) is 29.7 Å². The van der Waals surface area contributed by atoms with Crippen molar-refractivity contribution in [1.82, 2.24) is 5.32 Å². The van der Waals surface area contributed by atoms with Gasteiger partial charge in [-0.3, -0.25) is 9.59 Å². The Bertz CT molecular complexity index is 653. The van der Waals surface area contributed by atoms with Gasteiger partial charge in [-0.15, -0.1) is 0 Å². The number of carbonyl (C=O) groups excluding carboxylic acids is 2. The van der Waals surface area contributed by atoms with Crippen molar-refractivity contribution < 1.29 is 9.59 Å². The largest absolute Gasteiger partial charge is 0.353 e. The van der Waals surface area contributed by atoms with Gasteiger partial charge in [-0.1, -0.05) is 31.0 Å². The molecule has 1 heterocycles. The van der Waals surface area contributed by atoms with E-state index >= 15 is 0 Å². The molecule has 1 saturated heterocycles. The lowest BCUT2D eigenvalue weighted by Gasteiger charge is -2.29. The van der Waals surface area contributed by atoms with Crippen molar-refractivity contribution in [3.8, 4) is 0 Å². The van der Waals surface area contributed by atoms with E-state index in [1.165, 1.54) is 19.3 Å². The van der Waals surface area contributed by atoms with Crippen LogP contribution in [0.3, 0.4) is 0 Å². The Labute approximate surface area is 154 Å². The maximum absolute atomic E-state index is 12.6. The van der Waals surface area contributed by atoms with Crippen molar-refractivity contribution >= 4 is 29.1 Å². The van der Waals surface area contributed by atoms with E-state index in [1.54, 1.807) is 4.90 Å². The minimum absolute atomic E-state index is 0.000192. The maximum Gasteiger partial charge on any atom is 0.227 e. The minimum atomic E-state index is -0.269. The van der Waals surface area contributed by atoms with E-state index in [0.29, 0.717) is 11.6 Å². The minimum Gasteiger partial charge on any atom is -0.353 e. The number of amides is 2. The van der Waals surface area contributed by atoms with Gasteiger partial charge in [0.15, 0.2) is 0 Å². The summed E-state index contributed by atoms with van der Waals surface area (Å²) in [4.78, 5) is 26.8. The van der Waals surface area contributed by atoms with Crippen molar-refractivity contribution in [3.63, 3.8) is 0 Å². The van der Waals surface area contributed by atoms with E-state index in [9.17, 15) is 9.59 Å². The van der Waals surface area contributed by atoms with Gasteiger partial charge in [-0.05, 0) is 56.2 Å². The molecule has 0 unspecified atom stereocenters. The zero-order valence-electron chi connectivity index (χ0n) is 15.1. The van der Waals surface area contributed by atoms with Crippen molar-refractivity contribution in [2.75, 3.05) is 11.4 Å². The van der Waals surface area contributed by atoms with Crippen LogP contribution in [0, 0.1) is 18.8 Å². The van der Waals surface area contributed by atoms with Crippen molar-refractivity contribution in [1.29, 1.82) is 0 Å². The average molecular weight is 363 g/mol. The molecule has 2 fully saturated rings. The smallest absolute Gasteiger partial charge is 0.227 e. The third-order valence-electron chi connectivity index (χ3n) is 5.80. The second-order valence-corrected chi connectivity index (χ2v) is 7.83. The van der Waals surface area contributed by atoms with Crippen LogP contribution in [-0.4, -0.2) is 24.4 Å². The van der Waals surface area contributed by atoms with E-state index in [2.05, 4.69) is 12.2 Å². The van der Waals surface area contributed by atoms with Gasteiger partial charge >= 0.3 is 0 Å². The highest BCUT2D eigenvalue weighted by Gasteiger charge is 2.36. The predicted octanol–water partition coefficient (Wildman–Crippen LogP) is 4.09. The fourth-order valence-electron chi connectivity index (χ4n) is 4.04. The first kappa shape index (κ1) is 18.2. The summed E-state index contributed by atoms with van der Waals surface area (Å²) in [6, 6.07) is 5.83. The molecule has 1 aliphatic heterocycles. The molecule has 25 heavy (non-hydrogen) atoms. The summed E-state index contributed by atoms with van der Waals surface area (Å²) >= 11 is 6.17. The van der Waals surface area contributed by atoms with Crippen molar-refractivity contribution in [3.05, 3.63) is 28.8 Å². The summed E-state index contributed by atoms with van der Waals surface area (Å²) in [5.74, 6) is 0.563. The highest BCUT2D eigenvalue weighted by Crippen LogP contribution is 2.32. The van der Waals surface area contributed by atoms with E-state index in [4.69, 9.17) is 11.6 Å². The number of hydrogen-bond donors (Lipinski definition) is 1. The summed E-state index contributed by atoms with van der Waals surface area (Å²) < 4.78 is 0. The zero-order chi connectivity index (χ0) is 18.0. The Kier molecular flexibility index (Phi) is 5.67. The van der Waals surface area contributed by atoms with Crippen LogP contribution in [0.5, 0.6) is 0 Å². The number of nitrogens with one attached hydrogen (secondary N) is 1. The fourth-order valence-corrected chi connectivity index (χ4v) is 4.21. The molecule has 1 N–H and O–H groups in total. The molecule has 4 nitrogen and oxygen atoms in total.